The number of hydrogen-bond acceptors (Lipinski definition) is 2. The van der Waals surface area contributed by atoms with E-state index in [2.05, 4.69) is 0 Å². The first-order chi connectivity index (χ1) is 12.0. The highest BCUT2D eigenvalue weighted by Crippen LogP contribution is 2.23. The summed E-state index contributed by atoms with van der Waals surface area (Å²) in [4.78, 5) is 26.3. The minimum atomic E-state index is -1.06. The third-order valence-corrected chi connectivity index (χ3v) is 4.45. The van der Waals surface area contributed by atoms with Gasteiger partial charge in [-0.1, -0.05) is 0 Å². The molecule has 0 spiro atoms. The molecule has 0 saturated carbocycles. The average molecular weight is 347 g/mol. The molecular formula is C19H16F3NO2. The van der Waals surface area contributed by atoms with Gasteiger partial charge < -0.3 is 4.90 Å². The Labute approximate surface area is 143 Å². The number of likely N-dealkylation sites (tertiary alicyclic amines) is 1. The Hall–Kier alpha value is -2.63. The Bertz CT molecular complexity index is 797. The van der Waals surface area contributed by atoms with Crippen LogP contribution in [0.2, 0.25) is 0 Å². The first kappa shape index (κ1) is 17.2. The van der Waals surface area contributed by atoms with E-state index in [0.29, 0.717) is 31.5 Å². The average Bonchev–Trinajstić information content (AvgIpc) is 2.63. The second-order valence-electron chi connectivity index (χ2n) is 6.07. The summed E-state index contributed by atoms with van der Waals surface area (Å²) in [7, 11) is 0. The van der Waals surface area contributed by atoms with E-state index in [9.17, 15) is 22.8 Å². The molecule has 0 radical (unpaired) electrons. The standard InChI is InChI=1S/C19H16F3NO2/c20-15-4-1-12(2-5-15)18(24)13-7-9-23(10-8-13)19(25)14-3-6-16(21)17(22)11-14/h1-6,11,13H,7-10H2. The Kier molecular flexibility index (Phi) is 4.88. The second-order valence-corrected chi connectivity index (χ2v) is 6.07. The van der Waals surface area contributed by atoms with Crippen molar-refractivity contribution in [2.45, 2.75) is 12.8 Å². The van der Waals surface area contributed by atoms with Crippen molar-refractivity contribution in [2.75, 3.05) is 13.1 Å². The first-order valence-electron chi connectivity index (χ1n) is 8.00. The molecule has 3 nitrogen and oxygen atoms in total. The number of amides is 1. The molecule has 2 aromatic rings. The van der Waals surface area contributed by atoms with Crippen LogP contribution < -0.4 is 0 Å². The van der Waals surface area contributed by atoms with E-state index in [1.807, 2.05) is 0 Å². The van der Waals surface area contributed by atoms with Crippen molar-refractivity contribution in [1.82, 2.24) is 4.90 Å². The van der Waals surface area contributed by atoms with Crippen LogP contribution in [0, 0.1) is 23.4 Å². The fourth-order valence-electron chi connectivity index (χ4n) is 3.01. The molecule has 2 aromatic carbocycles. The molecule has 0 unspecified atom stereocenters. The summed E-state index contributed by atoms with van der Waals surface area (Å²) >= 11 is 0. The number of carbonyl (C=O) groups excluding carboxylic acids is 2. The van der Waals surface area contributed by atoms with E-state index >= 15 is 0 Å². The molecule has 1 amide bonds. The summed E-state index contributed by atoms with van der Waals surface area (Å²) in [6.07, 6.45) is 0.956. The highest BCUT2D eigenvalue weighted by Gasteiger charge is 2.28. The van der Waals surface area contributed by atoms with E-state index < -0.39 is 17.5 Å². The van der Waals surface area contributed by atoms with E-state index in [1.165, 1.54) is 35.2 Å². The number of nitrogens with zero attached hydrogens (tertiary/aromatic N) is 1. The lowest BCUT2D eigenvalue weighted by Gasteiger charge is -2.31. The van der Waals surface area contributed by atoms with Crippen molar-refractivity contribution in [2.24, 2.45) is 5.92 Å². The van der Waals surface area contributed by atoms with Crippen molar-refractivity contribution in [3.05, 3.63) is 71.0 Å². The normalized spacial score (nSPS) is 15.2. The van der Waals surface area contributed by atoms with Gasteiger partial charge in [-0.2, -0.15) is 0 Å². The fraction of sp³-hybridized carbons (Fsp3) is 0.263. The molecule has 1 aliphatic heterocycles. The van der Waals surface area contributed by atoms with Gasteiger partial charge in [0.2, 0.25) is 0 Å². The van der Waals surface area contributed by atoms with Gasteiger partial charge in [0.25, 0.3) is 5.91 Å². The topological polar surface area (TPSA) is 37.4 Å². The van der Waals surface area contributed by atoms with Crippen molar-refractivity contribution in [1.29, 1.82) is 0 Å². The number of halogens is 3. The van der Waals surface area contributed by atoms with Gasteiger partial charge in [-0.25, -0.2) is 13.2 Å². The summed E-state index contributed by atoms with van der Waals surface area (Å²) in [5, 5.41) is 0. The van der Waals surface area contributed by atoms with E-state index in [1.54, 1.807) is 0 Å². The highest BCUT2D eigenvalue weighted by atomic mass is 19.2. The number of hydrogen-bond donors (Lipinski definition) is 0. The molecule has 0 N–H and O–H groups in total. The maximum absolute atomic E-state index is 13.3. The maximum atomic E-state index is 13.3. The van der Waals surface area contributed by atoms with Gasteiger partial charge in [0, 0.05) is 30.1 Å². The van der Waals surface area contributed by atoms with Gasteiger partial charge in [0.15, 0.2) is 17.4 Å². The molecule has 0 aliphatic carbocycles. The quantitative estimate of drug-likeness (QED) is 0.791. The number of rotatable bonds is 3. The van der Waals surface area contributed by atoms with Gasteiger partial charge in [0.05, 0.1) is 0 Å². The van der Waals surface area contributed by atoms with Crippen LogP contribution in [0.5, 0.6) is 0 Å². The van der Waals surface area contributed by atoms with Gasteiger partial charge in [-0.3, -0.25) is 9.59 Å². The minimum Gasteiger partial charge on any atom is -0.339 e. The summed E-state index contributed by atoms with van der Waals surface area (Å²) in [5.74, 6) is -3.15. The third kappa shape index (κ3) is 3.73. The Morgan fingerprint density at radius 3 is 2.04 bits per heavy atom. The molecule has 1 fully saturated rings. The van der Waals surface area contributed by atoms with Crippen LogP contribution in [0.25, 0.3) is 0 Å². The van der Waals surface area contributed by atoms with Gasteiger partial charge in [-0.05, 0) is 55.3 Å². The van der Waals surface area contributed by atoms with Crippen LogP contribution >= 0.6 is 0 Å². The number of benzene rings is 2. The van der Waals surface area contributed by atoms with Crippen molar-refractivity contribution >= 4 is 11.7 Å². The fourth-order valence-corrected chi connectivity index (χ4v) is 3.01. The Morgan fingerprint density at radius 1 is 0.840 bits per heavy atom. The van der Waals surface area contributed by atoms with Crippen molar-refractivity contribution < 1.29 is 22.8 Å². The first-order valence-corrected chi connectivity index (χ1v) is 8.00. The zero-order valence-corrected chi connectivity index (χ0v) is 13.3. The lowest BCUT2D eigenvalue weighted by Crippen LogP contribution is -2.40. The molecule has 0 bridgehead atoms. The van der Waals surface area contributed by atoms with Crippen LogP contribution in [-0.4, -0.2) is 29.7 Å². The molecule has 1 saturated heterocycles. The van der Waals surface area contributed by atoms with Crippen LogP contribution in [0.1, 0.15) is 33.6 Å². The summed E-state index contributed by atoms with van der Waals surface area (Å²) in [6, 6.07) is 8.45. The van der Waals surface area contributed by atoms with E-state index in [0.717, 1.165) is 12.1 Å². The zero-order chi connectivity index (χ0) is 18.0. The molecule has 1 aliphatic rings. The predicted octanol–water partition coefficient (Wildman–Crippen LogP) is 3.84. The molecule has 6 heteroatoms. The SMILES string of the molecule is O=C(c1ccc(F)cc1)C1CCN(C(=O)c2ccc(F)c(F)c2)CC1. The molecule has 3 rings (SSSR count). The smallest absolute Gasteiger partial charge is 0.253 e. The Morgan fingerprint density at radius 2 is 1.44 bits per heavy atom. The highest BCUT2D eigenvalue weighted by molar-refractivity contribution is 5.98. The Balaban J connectivity index is 1.63. The predicted molar refractivity (Wildman–Crippen MR) is 85.7 cm³/mol. The van der Waals surface area contributed by atoms with E-state index in [-0.39, 0.29) is 23.2 Å². The van der Waals surface area contributed by atoms with Gasteiger partial charge in [-0.15, -0.1) is 0 Å². The van der Waals surface area contributed by atoms with Crippen LogP contribution in [-0.2, 0) is 0 Å². The minimum absolute atomic E-state index is 0.0695. The number of Topliss-reactive ketones (excluding diaryl/α,β-unsaturated/α-hetero) is 1. The molecular weight excluding hydrogens is 331 g/mol. The summed E-state index contributed by atoms with van der Waals surface area (Å²) in [5.41, 5.74) is 0.536. The number of piperidine rings is 1. The summed E-state index contributed by atoms with van der Waals surface area (Å²) in [6.45, 7) is 0.713. The third-order valence-electron chi connectivity index (χ3n) is 4.45. The largest absolute Gasteiger partial charge is 0.339 e. The molecule has 1 heterocycles. The second kappa shape index (κ2) is 7.09. The van der Waals surface area contributed by atoms with E-state index in [4.69, 9.17) is 0 Å². The lowest BCUT2D eigenvalue weighted by atomic mass is 9.88. The molecule has 25 heavy (non-hydrogen) atoms. The molecule has 0 aromatic heterocycles. The number of carbonyl (C=O) groups is 2. The summed E-state index contributed by atoms with van der Waals surface area (Å²) < 4.78 is 39.2. The molecule has 0 atom stereocenters. The zero-order valence-electron chi connectivity index (χ0n) is 13.3. The number of ketones is 1. The van der Waals surface area contributed by atoms with Crippen LogP contribution in [0.4, 0.5) is 13.2 Å². The van der Waals surface area contributed by atoms with Gasteiger partial charge >= 0.3 is 0 Å². The molecule has 130 valence electrons. The van der Waals surface area contributed by atoms with Gasteiger partial charge in [0.1, 0.15) is 5.82 Å². The van der Waals surface area contributed by atoms with Crippen molar-refractivity contribution in [3.63, 3.8) is 0 Å². The van der Waals surface area contributed by atoms with Crippen LogP contribution in [0.15, 0.2) is 42.5 Å². The lowest BCUT2D eigenvalue weighted by molar-refractivity contribution is 0.0650. The van der Waals surface area contributed by atoms with Crippen molar-refractivity contribution in [3.8, 4) is 0 Å². The monoisotopic (exact) mass is 347 g/mol. The maximum Gasteiger partial charge on any atom is 0.253 e. The van der Waals surface area contributed by atoms with Crippen LogP contribution in [0.3, 0.4) is 0 Å².